The summed E-state index contributed by atoms with van der Waals surface area (Å²) in [6, 6.07) is 7.27. The van der Waals surface area contributed by atoms with Crippen molar-refractivity contribution in [1.82, 2.24) is 9.55 Å². The van der Waals surface area contributed by atoms with Gasteiger partial charge in [-0.05, 0) is 38.1 Å². The smallest absolute Gasteiger partial charge is 0.173 e. The molecule has 0 amide bonds. The van der Waals surface area contributed by atoms with E-state index in [-0.39, 0.29) is 11.9 Å². The van der Waals surface area contributed by atoms with Gasteiger partial charge in [0.25, 0.3) is 0 Å². The second-order valence-electron chi connectivity index (χ2n) is 4.72. The maximum absolute atomic E-state index is 12.1. The number of carbonyl (C=O) groups is 1. The number of carbonyl (C=O) groups excluding carboxylic acids is 1. The molecule has 1 aromatic carbocycles. The van der Waals surface area contributed by atoms with Gasteiger partial charge in [0.1, 0.15) is 5.75 Å². The number of rotatable bonds is 6. The number of imidazole rings is 1. The molecule has 0 saturated heterocycles. The number of hydrogen-bond acceptors (Lipinski definition) is 4. The lowest BCUT2D eigenvalue weighted by Gasteiger charge is -2.09. The van der Waals surface area contributed by atoms with Crippen molar-refractivity contribution in [3.63, 3.8) is 0 Å². The second-order valence-corrected chi connectivity index (χ2v) is 5.67. The van der Waals surface area contributed by atoms with Crippen molar-refractivity contribution in [1.29, 1.82) is 0 Å². The van der Waals surface area contributed by atoms with Crippen LogP contribution in [0.15, 0.2) is 41.8 Å². The van der Waals surface area contributed by atoms with Crippen LogP contribution in [-0.4, -0.2) is 27.2 Å². The summed E-state index contributed by atoms with van der Waals surface area (Å²) in [6.07, 6.45) is 3.73. The highest BCUT2D eigenvalue weighted by Gasteiger charge is 2.09. The summed E-state index contributed by atoms with van der Waals surface area (Å²) in [7, 11) is 1.91. The molecule has 0 unspecified atom stereocenters. The van der Waals surface area contributed by atoms with Gasteiger partial charge in [-0.15, -0.1) is 0 Å². The van der Waals surface area contributed by atoms with Crippen LogP contribution in [0, 0.1) is 0 Å². The molecule has 0 fully saturated rings. The van der Waals surface area contributed by atoms with Crippen LogP contribution in [0.3, 0.4) is 0 Å². The van der Waals surface area contributed by atoms with Gasteiger partial charge in [-0.2, -0.15) is 0 Å². The fraction of sp³-hybridized carbons (Fsp3) is 0.333. The Hall–Kier alpha value is -1.75. The van der Waals surface area contributed by atoms with Crippen LogP contribution in [0.1, 0.15) is 24.2 Å². The van der Waals surface area contributed by atoms with E-state index >= 15 is 0 Å². The van der Waals surface area contributed by atoms with Gasteiger partial charge in [-0.1, -0.05) is 11.8 Å². The van der Waals surface area contributed by atoms with Gasteiger partial charge in [0.05, 0.1) is 11.9 Å². The van der Waals surface area contributed by atoms with Crippen LogP contribution >= 0.6 is 11.8 Å². The first-order valence-corrected chi connectivity index (χ1v) is 7.45. The largest absolute Gasteiger partial charge is 0.491 e. The zero-order valence-corrected chi connectivity index (χ0v) is 12.7. The molecule has 0 aliphatic heterocycles. The first-order valence-electron chi connectivity index (χ1n) is 6.46. The summed E-state index contributed by atoms with van der Waals surface area (Å²) in [5.41, 5.74) is 0.697. The van der Waals surface area contributed by atoms with Gasteiger partial charge in [0.15, 0.2) is 10.9 Å². The Morgan fingerprint density at radius 3 is 2.60 bits per heavy atom. The Morgan fingerprint density at radius 2 is 2.05 bits per heavy atom. The molecule has 1 aromatic heterocycles. The van der Waals surface area contributed by atoms with Crippen molar-refractivity contribution < 1.29 is 9.53 Å². The highest BCUT2D eigenvalue weighted by Crippen LogP contribution is 2.18. The van der Waals surface area contributed by atoms with Crippen LogP contribution < -0.4 is 4.74 Å². The lowest BCUT2D eigenvalue weighted by molar-refractivity contribution is 0.102. The lowest BCUT2D eigenvalue weighted by atomic mass is 10.1. The minimum absolute atomic E-state index is 0.0918. The van der Waals surface area contributed by atoms with E-state index in [2.05, 4.69) is 4.98 Å². The van der Waals surface area contributed by atoms with Crippen LogP contribution in [0.4, 0.5) is 0 Å². The quantitative estimate of drug-likeness (QED) is 0.605. The van der Waals surface area contributed by atoms with E-state index in [0.29, 0.717) is 11.3 Å². The number of Topliss-reactive ketones (excluding diaryl/α,β-unsaturated/α-hetero) is 1. The molecule has 0 spiro atoms. The molecule has 0 aliphatic rings. The molecule has 0 N–H and O–H groups in total. The van der Waals surface area contributed by atoms with Gasteiger partial charge in [0.2, 0.25) is 0 Å². The summed E-state index contributed by atoms with van der Waals surface area (Å²) in [5.74, 6) is 1.26. The highest BCUT2D eigenvalue weighted by molar-refractivity contribution is 7.99. The van der Waals surface area contributed by atoms with E-state index in [1.54, 1.807) is 18.3 Å². The van der Waals surface area contributed by atoms with Crippen LogP contribution in [0.2, 0.25) is 0 Å². The second kappa shape index (κ2) is 6.61. The molecule has 0 atom stereocenters. The number of aromatic nitrogens is 2. The van der Waals surface area contributed by atoms with E-state index in [0.717, 1.165) is 10.9 Å². The number of benzene rings is 1. The predicted octanol–water partition coefficient (Wildman–Crippen LogP) is 3.18. The zero-order valence-electron chi connectivity index (χ0n) is 11.9. The molecule has 0 saturated carbocycles. The molecular weight excluding hydrogens is 272 g/mol. The van der Waals surface area contributed by atoms with E-state index in [1.165, 1.54) is 11.8 Å². The number of thioether (sulfide) groups is 1. The van der Waals surface area contributed by atoms with Crippen molar-refractivity contribution >= 4 is 17.5 Å². The van der Waals surface area contributed by atoms with Crippen molar-refractivity contribution in [2.24, 2.45) is 7.05 Å². The molecule has 0 radical (unpaired) electrons. The highest BCUT2D eigenvalue weighted by atomic mass is 32.2. The number of ether oxygens (including phenoxy) is 1. The van der Waals surface area contributed by atoms with Gasteiger partial charge in [-0.25, -0.2) is 4.98 Å². The van der Waals surface area contributed by atoms with Gasteiger partial charge in [-0.3, -0.25) is 4.79 Å². The molecule has 0 aliphatic carbocycles. The first kappa shape index (κ1) is 14.7. The molecule has 1 heterocycles. The van der Waals surface area contributed by atoms with Crippen molar-refractivity contribution in [2.45, 2.75) is 25.1 Å². The Kier molecular flexibility index (Phi) is 4.84. The summed E-state index contributed by atoms with van der Waals surface area (Å²) in [6.45, 7) is 3.95. The van der Waals surface area contributed by atoms with Gasteiger partial charge in [0, 0.05) is 25.0 Å². The fourth-order valence-electron chi connectivity index (χ4n) is 1.70. The average molecular weight is 290 g/mol. The Morgan fingerprint density at radius 1 is 1.35 bits per heavy atom. The number of ketones is 1. The third-order valence-electron chi connectivity index (χ3n) is 2.66. The molecule has 2 rings (SSSR count). The zero-order chi connectivity index (χ0) is 14.5. The van der Waals surface area contributed by atoms with E-state index in [1.807, 2.05) is 43.8 Å². The summed E-state index contributed by atoms with van der Waals surface area (Å²) >= 11 is 1.44. The molecule has 20 heavy (non-hydrogen) atoms. The number of aryl methyl sites for hydroxylation is 1. The Labute approximate surface area is 123 Å². The van der Waals surface area contributed by atoms with Crippen molar-refractivity contribution in [3.05, 3.63) is 42.2 Å². The minimum atomic E-state index is 0.0918. The van der Waals surface area contributed by atoms with Crippen LogP contribution in [-0.2, 0) is 7.05 Å². The molecule has 2 aromatic rings. The molecular formula is C15H18N2O2S. The standard InChI is InChI=1S/C15H18N2O2S/c1-11(2)19-13-6-4-12(5-7-13)14(18)10-20-15-16-8-9-17(15)3/h4-9,11H,10H2,1-3H3. The summed E-state index contributed by atoms with van der Waals surface area (Å²) in [5, 5.41) is 0.845. The lowest BCUT2D eigenvalue weighted by Crippen LogP contribution is -2.06. The topological polar surface area (TPSA) is 44.1 Å². The number of hydrogen-bond donors (Lipinski definition) is 0. The molecule has 0 bridgehead atoms. The van der Waals surface area contributed by atoms with Crippen molar-refractivity contribution in [3.8, 4) is 5.75 Å². The number of nitrogens with zero attached hydrogens (tertiary/aromatic N) is 2. The average Bonchev–Trinajstić information content (AvgIpc) is 2.82. The molecule has 5 heteroatoms. The Balaban J connectivity index is 1.94. The van der Waals surface area contributed by atoms with Crippen molar-refractivity contribution in [2.75, 3.05) is 5.75 Å². The summed E-state index contributed by atoms with van der Waals surface area (Å²) < 4.78 is 7.45. The van der Waals surface area contributed by atoms with E-state index < -0.39 is 0 Å². The molecule has 106 valence electrons. The first-order chi connectivity index (χ1) is 9.56. The van der Waals surface area contributed by atoms with Gasteiger partial charge >= 0.3 is 0 Å². The van der Waals surface area contributed by atoms with Crippen LogP contribution in [0.25, 0.3) is 0 Å². The third-order valence-corrected chi connectivity index (χ3v) is 3.72. The predicted molar refractivity (Wildman–Crippen MR) is 80.5 cm³/mol. The summed E-state index contributed by atoms with van der Waals surface area (Å²) in [4.78, 5) is 16.3. The molecule has 4 nitrogen and oxygen atoms in total. The third kappa shape index (κ3) is 3.87. The van der Waals surface area contributed by atoms with Gasteiger partial charge < -0.3 is 9.30 Å². The maximum atomic E-state index is 12.1. The minimum Gasteiger partial charge on any atom is -0.491 e. The van der Waals surface area contributed by atoms with Crippen LogP contribution in [0.5, 0.6) is 5.75 Å². The monoisotopic (exact) mass is 290 g/mol. The fourth-order valence-corrected chi connectivity index (χ4v) is 2.52. The van der Waals surface area contributed by atoms with E-state index in [9.17, 15) is 4.79 Å². The SMILES string of the molecule is CC(C)Oc1ccc(C(=O)CSc2nccn2C)cc1. The normalized spacial score (nSPS) is 10.8. The Bertz CT molecular complexity index is 576. The van der Waals surface area contributed by atoms with E-state index in [4.69, 9.17) is 4.74 Å². The maximum Gasteiger partial charge on any atom is 0.173 e.